The zero-order valence-electron chi connectivity index (χ0n) is 12.7. The lowest BCUT2D eigenvalue weighted by Gasteiger charge is -2.10. The SMILES string of the molecule is Cc1cccc(C)c1/C=C/c1cccc(C(O)CCN)c1. The van der Waals surface area contributed by atoms with E-state index < -0.39 is 6.10 Å². The third-order valence-corrected chi connectivity index (χ3v) is 3.72. The van der Waals surface area contributed by atoms with Crippen LogP contribution in [0.4, 0.5) is 0 Å². The minimum Gasteiger partial charge on any atom is -0.388 e. The molecule has 2 aromatic rings. The topological polar surface area (TPSA) is 46.2 Å². The number of hydrogen-bond donors (Lipinski definition) is 2. The van der Waals surface area contributed by atoms with Crippen LogP contribution in [0.15, 0.2) is 42.5 Å². The van der Waals surface area contributed by atoms with Crippen LogP contribution in [0.1, 0.15) is 40.3 Å². The third-order valence-electron chi connectivity index (χ3n) is 3.72. The Bertz CT molecular complexity index is 611. The summed E-state index contributed by atoms with van der Waals surface area (Å²) in [6.45, 7) is 4.73. The maximum Gasteiger partial charge on any atom is 0.0802 e. The van der Waals surface area contributed by atoms with Crippen LogP contribution in [0, 0.1) is 13.8 Å². The first-order chi connectivity index (χ1) is 10.1. The molecule has 0 fully saturated rings. The van der Waals surface area contributed by atoms with Gasteiger partial charge in [0.2, 0.25) is 0 Å². The normalized spacial score (nSPS) is 12.8. The molecule has 0 bridgehead atoms. The van der Waals surface area contributed by atoms with Crippen LogP contribution < -0.4 is 5.73 Å². The number of aliphatic hydroxyl groups is 1. The summed E-state index contributed by atoms with van der Waals surface area (Å²) in [5.41, 5.74) is 11.3. The van der Waals surface area contributed by atoms with E-state index in [-0.39, 0.29) is 0 Å². The van der Waals surface area contributed by atoms with Crippen LogP contribution in [-0.2, 0) is 0 Å². The van der Waals surface area contributed by atoms with Gasteiger partial charge in [-0.1, -0.05) is 48.6 Å². The molecule has 1 unspecified atom stereocenters. The van der Waals surface area contributed by atoms with E-state index in [1.54, 1.807) is 0 Å². The van der Waals surface area contributed by atoms with Crippen molar-refractivity contribution in [1.29, 1.82) is 0 Å². The third kappa shape index (κ3) is 4.03. The lowest BCUT2D eigenvalue weighted by molar-refractivity contribution is 0.170. The number of hydrogen-bond acceptors (Lipinski definition) is 2. The highest BCUT2D eigenvalue weighted by Gasteiger charge is 2.06. The molecule has 0 aromatic heterocycles. The van der Waals surface area contributed by atoms with Crippen molar-refractivity contribution in [2.24, 2.45) is 5.73 Å². The molecule has 2 nitrogen and oxygen atoms in total. The van der Waals surface area contributed by atoms with Crippen LogP contribution in [0.5, 0.6) is 0 Å². The minimum atomic E-state index is -0.483. The molecule has 110 valence electrons. The van der Waals surface area contributed by atoms with Gasteiger partial charge >= 0.3 is 0 Å². The molecule has 2 rings (SSSR count). The summed E-state index contributed by atoms with van der Waals surface area (Å²) in [5.74, 6) is 0. The molecule has 21 heavy (non-hydrogen) atoms. The van der Waals surface area contributed by atoms with Crippen molar-refractivity contribution < 1.29 is 5.11 Å². The number of aliphatic hydroxyl groups excluding tert-OH is 1. The molecule has 0 aliphatic rings. The van der Waals surface area contributed by atoms with E-state index in [0.29, 0.717) is 13.0 Å². The fraction of sp³-hybridized carbons (Fsp3) is 0.263. The molecule has 0 radical (unpaired) electrons. The van der Waals surface area contributed by atoms with Crippen molar-refractivity contribution in [3.05, 3.63) is 70.3 Å². The standard InChI is InChI=1S/C19H23NO/c1-14-5-3-6-15(2)18(14)10-9-16-7-4-8-17(13-16)19(21)11-12-20/h3-10,13,19,21H,11-12,20H2,1-2H3/b10-9+. The average Bonchev–Trinajstić information content (AvgIpc) is 2.47. The predicted octanol–water partition coefficient (Wildman–Crippen LogP) is 3.86. The Morgan fingerprint density at radius 2 is 1.71 bits per heavy atom. The highest BCUT2D eigenvalue weighted by molar-refractivity contribution is 5.72. The van der Waals surface area contributed by atoms with E-state index in [1.807, 2.05) is 24.3 Å². The van der Waals surface area contributed by atoms with Gasteiger partial charge in [0.25, 0.3) is 0 Å². The molecule has 2 aromatic carbocycles. The highest BCUT2D eigenvalue weighted by Crippen LogP contribution is 2.20. The number of benzene rings is 2. The first-order valence-electron chi connectivity index (χ1n) is 7.34. The van der Waals surface area contributed by atoms with Crippen molar-refractivity contribution in [2.45, 2.75) is 26.4 Å². The Labute approximate surface area is 126 Å². The van der Waals surface area contributed by atoms with Gasteiger partial charge in [0, 0.05) is 0 Å². The second kappa shape index (κ2) is 7.21. The first-order valence-corrected chi connectivity index (χ1v) is 7.34. The van der Waals surface area contributed by atoms with E-state index >= 15 is 0 Å². The van der Waals surface area contributed by atoms with E-state index in [2.05, 4.69) is 44.2 Å². The monoisotopic (exact) mass is 281 g/mol. The zero-order valence-corrected chi connectivity index (χ0v) is 12.7. The van der Waals surface area contributed by atoms with E-state index in [1.165, 1.54) is 16.7 Å². The van der Waals surface area contributed by atoms with E-state index in [4.69, 9.17) is 5.73 Å². The Balaban J connectivity index is 2.23. The Hall–Kier alpha value is -1.90. The van der Waals surface area contributed by atoms with Crippen LogP contribution in [-0.4, -0.2) is 11.7 Å². The van der Waals surface area contributed by atoms with Gasteiger partial charge in [-0.25, -0.2) is 0 Å². The van der Waals surface area contributed by atoms with Crippen LogP contribution in [0.25, 0.3) is 12.2 Å². The second-order valence-corrected chi connectivity index (χ2v) is 5.40. The van der Waals surface area contributed by atoms with Crippen molar-refractivity contribution in [2.75, 3.05) is 6.54 Å². The second-order valence-electron chi connectivity index (χ2n) is 5.40. The minimum absolute atomic E-state index is 0.483. The fourth-order valence-electron chi connectivity index (χ4n) is 2.46. The maximum atomic E-state index is 10.0. The zero-order chi connectivity index (χ0) is 15.2. The summed E-state index contributed by atoms with van der Waals surface area (Å²) in [7, 11) is 0. The Morgan fingerprint density at radius 3 is 2.38 bits per heavy atom. The van der Waals surface area contributed by atoms with Crippen LogP contribution in [0.3, 0.4) is 0 Å². The van der Waals surface area contributed by atoms with Crippen molar-refractivity contribution in [1.82, 2.24) is 0 Å². The lowest BCUT2D eigenvalue weighted by atomic mass is 10.00. The van der Waals surface area contributed by atoms with Crippen LogP contribution >= 0.6 is 0 Å². The van der Waals surface area contributed by atoms with Gasteiger partial charge in [-0.3, -0.25) is 0 Å². The van der Waals surface area contributed by atoms with Gasteiger partial charge < -0.3 is 10.8 Å². The van der Waals surface area contributed by atoms with Crippen molar-refractivity contribution in [3.63, 3.8) is 0 Å². The fourth-order valence-corrected chi connectivity index (χ4v) is 2.46. The molecule has 0 spiro atoms. The Kier molecular flexibility index (Phi) is 5.32. The molecule has 1 atom stereocenters. The highest BCUT2D eigenvalue weighted by atomic mass is 16.3. The molecular weight excluding hydrogens is 258 g/mol. The average molecular weight is 281 g/mol. The van der Waals surface area contributed by atoms with Gasteiger partial charge in [-0.15, -0.1) is 0 Å². The van der Waals surface area contributed by atoms with Gasteiger partial charge in [-0.2, -0.15) is 0 Å². The summed E-state index contributed by atoms with van der Waals surface area (Å²) in [4.78, 5) is 0. The maximum absolute atomic E-state index is 10.0. The van der Waals surface area contributed by atoms with Crippen molar-refractivity contribution in [3.8, 4) is 0 Å². The molecule has 0 aliphatic heterocycles. The quantitative estimate of drug-likeness (QED) is 0.818. The Morgan fingerprint density at radius 1 is 1.05 bits per heavy atom. The molecule has 2 heteroatoms. The van der Waals surface area contributed by atoms with Crippen LogP contribution in [0.2, 0.25) is 0 Å². The molecular formula is C19H23NO. The summed E-state index contributed by atoms with van der Waals surface area (Å²) in [6.07, 6.45) is 4.33. The molecule has 0 saturated carbocycles. The van der Waals surface area contributed by atoms with Gasteiger partial charge in [0.15, 0.2) is 0 Å². The number of aryl methyl sites for hydroxylation is 2. The van der Waals surface area contributed by atoms with Gasteiger partial charge in [0.1, 0.15) is 0 Å². The number of rotatable bonds is 5. The van der Waals surface area contributed by atoms with E-state index in [0.717, 1.165) is 11.1 Å². The summed E-state index contributed by atoms with van der Waals surface area (Å²) < 4.78 is 0. The summed E-state index contributed by atoms with van der Waals surface area (Å²) in [6, 6.07) is 14.3. The largest absolute Gasteiger partial charge is 0.388 e. The first kappa shape index (κ1) is 15.5. The van der Waals surface area contributed by atoms with Gasteiger partial charge in [-0.05, 0) is 60.7 Å². The van der Waals surface area contributed by atoms with Crippen molar-refractivity contribution >= 4 is 12.2 Å². The molecule has 0 amide bonds. The molecule has 0 heterocycles. The number of nitrogens with two attached hydrogens (primary N) is 1. The smallest absolute Gasteiger partial charge is 0.0802 e. The molecule has 0 saturated heterocycles. The summed E-state index contributed by atoms with van der Waals surface area (Å²) >= 11 is 0. The molecule has 3 N–H and O–H groups in total. The summed E-state index contributed by atoms with van der Waals surface area (Å²) in [5, 5.41) is 10.0. The van der Waals surface area contributed by atoms with Gasteiger partial charge in [0.05, 0.1) is 6.10 Å². The lowest BCUT2D eigenvalue weighted by Crippen LogP contribution is -2.06. The predicted molar refractivity (Wildman–Crippen MR) is 89.9 cm³/mol. The van der Waals surface area contributed by atoms with E-state index in [9.17, 15) is 5.11 Å². The molecule has 0 aliphatic carbocycles.